The first-order valence-corrected chi connectivity index (χ1v) is 7.18. The van der Waals surface area contributed by atoms with Crippen molar-refractivity contribution in [3.05, 3.63) is 65.9 Å². The standard InChI is InChI=1S/C19H14N2O/c1-12(22)15-11-10-13-8-5-9-16-17(13)18(15)21-19(20-16)14-6-3-2-4-7-14/h2-11,22H,1H3/b15-12-. The molecule has 0 aliphatic rings. The quantitative estimate of drug-likeness (QED) is 0.578. The number of aliphatic hydroxyl groups is 1. The van der Waals surface area contributed by atoms with Crippen LogP contribution in [0.15, 0.2) is 60.7 Å². The van der Waals surface area contributed by atoms with Crippen molar-refractivity contribution in [1.29, 1.82) is 0 Å². The van der Waals surface area contributed by atoms with E-state index in [1.807, 2.05) is 60.7 Å². The van der Waals surface area contributed by atoms with Crippen LogP contribution < -0.4 is 5.22 Å². The zero-order valence-electron chi connectivity index (χ0n) is 12.1. The van der Waals surface area contributed by atoms with Gasteiger partial charge in [0, 0.05) is 16.2 Å². The SMILES string of the molecule is C/C(O)=c1\ccc2cccc3nc(-c4ccccc4)nc1c23. The van der Waals surface area contributed by atoms with E-state index < -0.39 is 0 Å². The normalized spacial score (nSPS) is 12.8. The highest BCUT2D eigenvalue weighted by atomic mass is 16.3. The molecular formula is C19H14N2O. The van der Waals surface area contributed by atoms with E-state index in [9.17, 15) is 5.11 Å². The van der Waals surface area contributed by atoms with Crippen LogP contribution in [0, 0.1) is 0 Å². The average Bonchev–Trinajstić information content (AvgIpc) is 2.56. The van der Waals surface area contributed by atoms with Crippen LogP contribution in [0.5, 0.6) is 0 Å². The first-order chi connectivity index (χ1) is 10.7. The van der Waals surface area contributed by atoms with Gasteiger partial charge in [0.15, 0.2) is 5.82 Å². The van der Waals surface area contributed by atoms with Gasteiger partial charge in [-0.25, -0.2) is 9.97 Å². The van der Waals surface area contributed by atoms with Gasteiger partial charge in [0.2, 0.25) is 0 Å². The van der Waals surface area contributed by atoms with Crippen LogP contribution >= 0.6 is 0 Å². The molecular weight excluding hydrogens is 272 g/mol. The Morgan fingerprint density at radius 2 is 1.68 bits per heavy atom. The van der Waals surface area contributed by atoms with E-state index in [2.05, 4.69) is 0 Å². The summed E-state index contributed by atoms with van der Waals surface area (Å²) in [6, 6.07) is 19.8. The fraction of sp³-hybridized carbons (Fsp3) is 0.0526. The van der Waals surface area contributed by atoms with Crippen molar-refractivity contribution in [2.75, 3.05) is 0 Å². The molecule has 0 aliphatic heterocycles. The van der Waals surface area contributed by atoms with Gasteiger partial charge in [-0.05, 0) is 24.4 Å². The predicted octanol–water partition coefficient (Wildman–Crippen LogP) is 3.86. The van der Waals surface area contributed by atoms with Crippen molar-refractivity contribution in [3.63, 3.8) is 0 Å². The summed E-state index contributed by atoms with van der Waals surface area (Å²) in [5, 5.41) is 12.8. The zero-order chi connectivity index (χ0) is 15.1. The molecule has 0 radical (unpaired) electrons. The zero-order valence-corrected chi connectivity index (χ0v) is 12.1. The van der Waals surface area contributed by atoms with E-state index in [0.29, 0.717) is 5.82 Å². The lowest BCUT2D eigenvalue weighted by Gasteiger charge is -2.08. The fourth-order valence-corrected chi connectivity index (χ4v) is 2.80. The lowest BCUT2D eigenvalue weighted by molar-refractivity contribution is 0.499. The summed E-state index contributed by atoms with van der Waals surface area (Å²) in [5.74, 6) is 0.944. The van der Waals surface area contributed by atoms with Gasteiger partial charge in [-0.2, -0.15) is 0 Å². The Morgan fingerprint density at radius 1 is 0.864 bits per heavy atom. The summed E-state index contributed by atoms with van der Waals surface area (Å²) in [5.41, 5.74) is 2.65. The molecule has 3 nitrogen and oxygen atoms in total. The molecule has 0 saturated carbocycles. The van der Waals surface area contributed by atoms with Crippen molar-refractivity contribution < 1.29 is 5.11 Å². The monoisotopic (exact) mass is 286 g/mol. The molecule has 1 aromatic heterocycles. The Balaban J connectivity index is 2.20. The largest absolute Gasteiger partial charge is 0.512 e. The third kappa shape index (κ3) is 1.91. The van der Waals surface area contributed by atoms with Crippen LogP contribution in [-0.2, 0) is 0 Å². The van der Waals surface area contributed by atoms with Crippen molar-refractivity contribution in [2.24, 2.45) is 0 Å². The molecule has 3 aromatic carbocycles. The average molecular weight is 286 g/mol. The van der Waals surface area contributed by atoms with Gasteiger partial charge < -0.3 is 5.11 Å². The lowest BCUT2D eigenvalue weighted by atomic mass is 10.0. The molecule has 4 aromatic rings. The third-order valence-electron chi connectivity index (χ3n) is 3.86. The molecule has 1 N–H and O–H groups in total. The minimum atomic E-state index is 0.268. The molecule has 106 valence electrons. The maximum absolute atomic E-state index is 9.98. The Morgan fingerprint density at radius 3 is 2.45 bits per heavy atom. The number of aliphatic hydroxyl groups excluding tert-OH is 1. The summed E-state index contributed by atoms with van der Waals surface area (Å²) in [7, 11) is 0. The van der Waals surface area contributed by atoms with Gasteiger partial charge in [0.05, 0.1) is 16.8 Å². The van der Waals surface area contributed by atoms with Crippen LogP contribution in [0.25, 0.3) is 39.0 Å². The van der Waals surface area contributed by atoms with Gasteiger partial charge in [-0.15, -0.1) is 0 Å². The number of hydrogen-bond acceptors (Lipinski definition) is 3. The van der Waals surface area contributed by atoms with Crippen molar-refractivity contribution in [3.8, 4) is 11.4 Å². The van der Waals surface area contributed by atoms with Crippen LogP contribution in [0.1, 0.15) is 6.92 Å². The molecule has 0 amide bonds. The lowest BCUT2D eigenvalue weighted by Crippen LogP contribution is -2.09. The second-order valence-corrected chi connectivity index (χ2v) is 5.34. The molecule has 22 heavy (non-hydrogen) atoms. The second kappa shape index (κ2) is 4.81. The molecule has 0 spiro atoms. The number of hydrogen-bond donors (Lipinski definition) is 1. The predicted molar refractivity (Wildman–Crippen MR) is 89.4 cm³/mol. The number of aromatic nitrogens is 2. The van der Waals surface area contributed by atoms with Gasteiger partial charge in [0.1, 0.15) is 0 Å². The molecule has 0 fully saturated rings. The van der Waals surface area contributed by atoms with Gasteiger partial charge in [-0.3, -0.25) is 0 Å². The topological polar surface area (TPSA) is 46.0 Å². The van der Waals surface area contributed by atoms with Crippen LogP contribution in [-0.4, -0.2) is 15.1 Å². The second-order valence-electron chi connectivity index (χ2n) is 5.34. The molecule has 0 aliphatic carbocycles. The fourth-order valence-electron chi connectivity index (χ4n) is 2.80. The third-order valence-corrected chi connectivity index (χ3v) is 3.86. The Kier molecular flexibility index (Phi) is 2.79. The van der Waals surface area contributed by atoms with Crippen LogP contribution in [0.2, 0.25) is 0 Å². The molecule has 0 bridgehead atoms. The van der Waals surface area contributed by atoms with Crippen LogP contribution in [0.3, 0.4) is 0 Å². The Hall–Kier alpha value is -2.94. The van der Waals surface area contributed by atoms with Gasteiger partial charge in [-0.1, -0.05) is 48.5 Å². The van der Waals surface area contributed by atoms with E-state index in [1.165, 1.54) is 0 Å². The molecule has 0 atom stereocenters. The molecule has 1 heterocycles. The summed E-state index contributed by atoms with van der Waals surface area (Å²) in [4.78, 5) is 9.42. The molecule has 0 unspecified atom stereocenters. The highest BCUT2D eigenvalue weighted by Gasteiger charge is 2.10. The van der Waals surface area contributed by atoms with Gasteiger partial charge >= 0.3 is 0 Å². The number of benzene rings is 3. The highest BCUT2D eigenvalue weighted by Crippen LogP contribution is 2.25. The van der Waals surface area contributed by atoms with E-state index in [4.69, 9.17) is 9.97 Å². The molecule has 4 rings (SSSR count). The summed E-state index contributed by atoms with van der Waals surface area (Å²) < 4.78 is 0. The van der Waals surface area contributed by atoms with Crippen molar-refractivity contribution >= 4 is 27.6 Å². The first-order valence-electron chi connectivity index (χ1n) is 7.18. The number of rotatable bonds is 1. The van der Waals surface area contributed by atoms with Crippen molar-refractivity contribution in [2.45, 2.75) is 6.92 Å². The maximum atomic E-state index is 9.98. The Labute approximate surface area is 127 Å². The van der Waals surface area contributed by atoms with E-state index >= 15 is 0 Å². The Bertz CT molecular complexity index is 1040. The summed E-state index contributed by atoms with van der Waals surface area (Å²) >= 11 is 0. The highest BCUT2D eigenvalue weighted by molar-refractivity contribution is 6.07. The minimum Gasteiger partial charge on any atom is -0.512 e. The van der Waals surface area contributed by atoms with Crippen molar-refractivity contribution in [1.82, 2.24) is 9.97 Å². The van der Waals surface area contributed by atoms with Gasteiger partial charge in [0.25, 0.3) is 0 Å². The van der Waals surface area contributed by atoms with E-state index in [-0.39, 0.29) is 5.76 Å². The summed E-state index contributed by atoms with van der Waals surface area (Å²) in [6.07, 6.45) is 0. The first kappa shape index (κ1) is 12.8. The van der Waals surface area contributed by atoms with Crippen LogP contribution in [0.4, 0.5) is 0 Å². The smallest absolute Gasteiger partial charge is 0.160 e. The number of nitrogens with zero attached hydrogens (tertiary/aromatic N) is 2. The van der Waals surface area contributed by atoms with E-state index in [0.717, 1.165) is 32.6 Å². The summed E-state index contributed by atoms with van der Waals surface area (Å²) in [6.45, 7) is 1.68. The maximum Gasteiger partial charge on any atom is 0.160 e. The molecule has 0 saturated heterocycles. The minimum absolute atomic E-state index is 0.268. The van der Waals surface area contributed by atoms with E-state index in [1.54, 1.807) is 6.92 Å². The molecule has 3 heteroatoms.